The van der Waals surface area contributed by atoms with Crippen molar-refractivity contribution in [2.45, 2.75) is 6.54 Å². The third-order valence-corrected chi connectivity index (χ3v) is 6.19. The summed E-state index contributed by atoms with van der Waals surface area (Å²) in [6.07, 6.45) is 1.85. The number of rotatable bonds is 5. The van der Waals surface area contributed by atoms with Gasteiger partial charge in [0.15, 0.2) is 11.5 Å². The van der Waals surface area contributed by atoms with Crippen molar-refractivity contribution in [2.24, 2.45) is 0 Å². The van der Waals surface area contributed by atoms with Crippen LogP contribution in [0.3, 0.4) is 0 Å². The van der Waals surface area contributed by atoms with Gasteiger partial charge in [-0.15, -0.1) is 0 Å². The second-order valence-corrected chi connectivity index (χ2v) is 8.62. The number of hydrogen-bond acceptors (Lipinski definition) is 6. The Kier molecular flexibility index (Phi) is 5.36. The van der Waals surface area contributed by atoms with Crippen LogP contribution in [0, 0.1) is 0 Å². The monoisotopic (exact) mass is 447 g/mol. The molecule has 2 heterocycles. The van der Waals surface area contributed by atoms with Gasteiger partial charge in [-0.2, -0.15) is 0 Å². The molecule has 7 heteroatoms. The first-order chi connectivity index (χ1) is 15.2. The van der Waals surface area contributed by atoms with E-state index in [1.807, 2.05) is 78.9 Å². The smallest absolute Gasteiger partial charge is 0.266 e. The lowest BCUT2D eigenvalue weighted by atomic mass is 10.2. The topological polar surface area (TPSA) is 48.0 Å². The van der Waals surface area contributed by atoms with E-state index in [0.29, 0.717) is 27.3 Å². The van der Waals surface area contributed by atoms with Gasteiger partial charge >= 0.3 is 0 Å². The van der Waals surface area contributed by atoms with Crippen molar-refractivity contribution in [3.05, 3.63) is 88.8 Å². The Bertz CT molecular complexity index is 1180. The van der Waals surface area contributed by atoms with Crippen molar-refractivity contribution in [1.82, 2.24) is 4.90 Å². The first-order valence-electron chi connectivity index (χ1n) is 9.62. The molecule has 1 amide bonds. The van der Waals surface area contributed by atoms with Crippen molar-refractivity contribution in [3.8, 4) is 23.0 Å². The molecule has 0 N–H and O–H groups in total. The molecule has 0 unspecified atom stereocenters. The third-order valence-electron chi connectivity index (χ3n) is 4.81. The Morgan fingerprint density at radius 1 is 0.968 bits per heavy atom. The fourth-order valence-corrected chi connectivity index (χ4v) is 4.52. The predicted octanol–water partition coefficient (Wildman–Crippen LogP) is 5.61. The summed E-state index contributed by atoms with van der Waals surface area (Å²) in [5, 5.41) is 0. The lowest BCUT2D eigenvalue weighted by Gasteiger charge is -2.14. The molecular formula is C24H17NO4S2. The molecule has 5 rings (SSSR count). The summed E-state index contributed by atoms with van der Waals surface area (Å²) in [5.41, 5.74) is 1.84. The Balaban J connectivity index is 1.28. The molecule has 5 nitrogen and oxygen atoms in total. The van der Waals surface area contributed by atoms with Gasteiger partial charge in [-0.3, -0.25) is 9.69 Å². The number of thioether (sulfide) groups is 1. The van der Waals surface area contributed by atoms with Crippen LogP contribution >= 0.6 is 24.0 Å². The van der Waals surface area contributed by atoms with E-state index in [-0.39, 0.29) is 12.7 Å². The highest BCUT2D eigenvalue weighted by molar-refractivity contribution is 8.26. The number of amides is 1. The van der Waals surface area contributed by atoms with Crippen molar-refractivity contribution in [1.29, 1.82) is 0 Å². The first-order valence-corrected chi connectivity index (χ1v) is 10.8. The Morgan fingerprint density at radius 3 is 2.52 bits per heavy atom. The van der Waals surface area contributed by atoms with Gasteiger partial charge < -0.3 is 14.2 Å². The second-order valence-electron chi connectivity index (χ2n) is 6.94. The number of hydrogen-bond donors (Lipinski definition) is 0. The van der Waals surface area contributed by atoms with Gasteiger partial charge in [0.05, 0.1) is 11.4 Å². The molecule has 3 aromatic rings. The minimum atomic E-state index is -0.0997. The Labute approximate surface area is 189 Å². The number of thiocarbonyl (C=S) groups is 1. The molecule has 154 valence electrons. The Morgan fingerprint density at radius 2 is 1.71 bits per heavy atom. The van der Waals surface area contributed by atoms with E-state index in [1.165, 1.54) is 11.8 Å². The Hall–Kier alpha value is -3.29. The molecule has 2 aliphatic heterocycles. The molecule has 3 aromatic carbocycles. The minimum absolute atomic E-state index is 0.0997. The number of nitrogens with zero attached hydrogens (tertiary/aromatic N) is 1. The number of fused-ring (bicyclic) bond motifs is 1. The zero-order valence-corrected chi connectivity index (χ0v) is 17.9. The molecule has 1 fully saturated rings. The summed E-state index contributed by atoms with van der Waals surface area (Å²) in [7, 11) is 0. The van der Waals surface area contributed by atoms with Crippen LogP contribution in [-0.2, 0) is 11.3 Å². The van der Waals surface area contributed by atoms with Crippen LogP contribution in [0.25, 0.3) is 6.08 Å². The van der Waals surface area contributed by atoms with Crippen molar-refractivity contribution < 1.29 is 19.0 Å². The SMILES string of the molecule is O=C1/C(=C/c2ccc(Oc3ccccc3)cc2)SC(=S)N1Cc1ccc2c(c1)OCO2. The van der Waals surface area contributed by atoms with E-state index < -0.39 is 0 Å². The average Bonchev–Trinajstić information content (AvgIpc) is 3.35. The largest absolute Gasteiger partial charge is 0.457 e. The number of para-hydroxylation sites is 1. The fourth-order valence-electron chi connectivity index (χ4n) is 3.27. The van der Waals surface area contributed by atoms with Crippen LogP contribution < -0.4 is 14.2 Å². The highest BCUT2D eigenvalue weighted by Crippen LogP contribution is 2.36. The molecule has 0 atom stereocenters. The van der Waals surface area contributed by atoms with E-state index in [9.17, 15) is 4.79 Å². The lowest BCUT2D eigenvalue weighted by molar-refractivity contribution is -0.122. The molecule has 0 spiro atoms. The number of ether oxygens (including phenoxy) is 3. The quantitative estimate of drug-likeness (QED) is 0.374. The van der Waals surface area contributed by atoms with Crippen LogP contribution in [-0.4, -0.2) is 21.9 Å². The maximum Gasteiger partial charge on any atom is 0.266 e. The summed E-state index contributed by atoms with van der Waals surface area (Å²) in [5.74, 6) is 2.82. The predicted molar refractivity (Wildman–Crippen MR) is 124 cm³/mol. The van der Waals surface area contributed by atoms with Gasteiger partial charge in [-0.05, 0) is 53.6 Å². The molecule has 2 aliphatic rings. The summed E-state index contributed by atoms with van der Waals surface area (Å²) in [6.45, 7) is 0.611. The van der Waals surface area contributed by atoms with Crippen molar-refractivity contribution in [2.75, 3.05) is 6.79 Å². The molecule has 31 heavy (non-hydrogen) atoms. The van der Waals surface area contributed by atoms with E-state index in [1.54, 1.807) is 4.90 Å². The van der Waals surface area contributed by atoms with Crippen LogP contribution in [0.5, 0.6) is 23.0 Å². The average molecular weight is 448 g/mol. The maximum absolute atomic E-state index is 12.9. The number of carbonyl (C=O) groups excluding carboxylic acids is 1. The molecule has 0 aliphatic carbocycles. The first kappa shape index (κ1) is 19.7. The molecule has 0 radical (unpaired) electrons. The zero-order chi connectivity index (χ0) is 21.2. The van der Waals surface area contributed by atoms with E-state index in [0.717, 1.165) is 22.6 Å². The molecule has 0 aromatic heterocycles. The standard InChI is InChI=1S/C24H17NO4S2/c26-23-22(13-16-6-9-19(10-7-16)29-18-4-2-1-3-5-18)31-24(30)25(23)14-17-8-11-20-21(12-17)28-15-27-20/h1-13H,14-15H2/b22-13-. The summed E-state index contributed by atoms with van der Waals surface area (Å²) in [4.78, 5) is 15.1. The fraction of sp³-hybridized carbons (Fsp3) is 0.0833. The van der Waals surface area contributed by atoms with E-state index in [2.05, 4.69) is 0 Å². The molecule has 0 bridgehead atoms. The third kappa shape index (κ3) is 4.28. The molecule has 1 saturated heterocycles. The van der Waals surface area contributed by atoms with Gasteiger partial charge in [0, 0.05) is 0 Å². The highest BCUT2D eigenvalue weighted by atomic mass is 32.2. The summed E-state index contributed by atoms with van der Waals surface area (Å²) >= 11 is 6.76. The second kappa shape index (κ2) is 8.45. The van der Waals surface area contributed by atoms with Crippen LogP contribution in [0.2, 0.25) is 0 Å². The van der Waals surface area contributed by atoms with Gasteiger partial charge in [-0.1, -0.05) is 60.4 Å². The van der Waals surface area contributed by atoms with Crippen molar-refractivity contribution in [3.63, 3.8) is 0 Å². The van der Waals surface area contributed by atoms with E-state index in [4.69, 9.17) is 26.4 Å². The minimum Gasteiger partial charge on any atom is -0.457 e. The molecular weight excluding hydrogens is 430 g/mol. The van der Waals surface area contributed by atoms with Gasteiger partial charge in [-0.25, -0.2) is 0 Å². The van der Waals surface area contributed by atoms with E-state index >= 15 is 0 Å². The number of benzene rings is 3. The normalized spacial score (nSPS) is 16.3. The zero-order valence-electron chi connectivity index (χ0n) is 16.3. The summed E-state index contributed by atoms with van der Waals surface area (Å²) < 4.78 is 17.1. The number of carbonyl (C=O) groups is 1. The van der Waals surface area contributed by atoms with Gasteiger partial charge in [0.1, 0.15) is 15.8 Å². The molecule has 0 saturated carbocycles. The van der Waals surface area contributed by atoms with Crippen LogP contribution in [0.4, 0.5) is 0 Å². The van der Waals surface area contributed by atoms with Crippen LogP contribution in [0.1, 0.15) is 11.1 Å². The lowest BCUT2D eigenvalue weighted by Crippen LogP contribution is -2.27. The van der Waals surface area contributed by atoms with Gasteiger partial charge in [0.25, 0.3) is 5.91 Å². The van der Waals surface area contributed by atoms with Crippen LogP contribution in [0.15, 0.2) is 77.7 Å². The maximum atomic E-state index is 12.9. The van der Waals surface area contributed by atoms with Crippen molar-refractivity contribution >= 4 is 40.3 Å². The highest BCUT2D eigenvalue weighted by Gasteiger charge is 2.32. The van der Waals surface area contributed by atoms with Gasteiger partial charge in [0.2, 0.25) is 6.79 Å². The summed E-state index contributed by atoms with van der Waals surface area (Å²) in [6, 6.07) is 22.9.